The molecule has 0 radical (unpaired) electrons. The molecule has 0 aliphatic heterocycles. The van der Waals surface area contributed by atoms with Gasteiger partial charge in [0.1, 0.15) is 5.01 Å². The number of thiazole rings is 1. The van der Waals surface area contributed by atoms with Crippen molar-refractivity contribution in [1.82, 2.24) is 10.3 Å². The summed E-state index contributed by atoms with van der Waals surface area (Å²) in [6.45, 7) is 6.18. The second kappa shape index (κ2) is 4.88. The highest BCUT2D eigenvalue weighted by molar-refractivity contribution is 7.15. The fourth-order valence-electron chi connectivity index (χ4n) is 1.34. The Morgan fingerprint density at radius 3 is 2.93 bits per heavy atom. The maximum absolute atomic E-state index is 4.46. The van der Waals surface area contributed by atoms with E-state index in [2.05, 4.69) is 34.9 Å². The fourth-order valence-corrected chi connectivity index (χ4v) is 3.21. The number of rotatable bonds is 4. The highest BCUT2D eigenvalue weighted by Gasteiger charge is 2.07. The van der Waals surface area contributed by atoms with Crippen molar-refractivity contribution in [3.63, 3.8) is 0 Å². The van der Waals surface area contributed by atoms with Crippen molar-refractivity contribution in [2.45, 2.75) is 20.4 Å². The quantitative estimate of drug-likeness (QED) is 0.884. The largest absolute Gasteiger partial charge is 0.312 e. The third-order valence-corrected chi connectivity index (χ3v) is 4.08. The number of nitrogens with one attached hydrogen (secondary N) is 1. The van der Waals surface area contributed by atoms with Gasteiger partial charge < -0.3 is 5.32 Å². The van der Waals surface area contributed by atoms with E-state index in [0.29, 0.717) is 0 Å². The first-order valence-corrected chi connectivity index (χ1v) is 6.75. The van der Waals surface area contributed by atoms with Gasteiger partial charge in [-0.3, -0.25) is 0 Å². The van der Waals surface area contributed by atoms with E-state index in [4.69, 9.17) is 0 Å². The topological polar surface area (TPSA) is 24.9 Å². The monoisotopic (exact) mass is 238 g/mol. The third kappa shape index (κ3) is 2.45. The van der Waals surface area contributed by atoms with Gasteiger partial charge in [-0.15, -0.1) is 11.3 Å². The van der Waals surface area contributed by atoms with Crippen LogP contribution in [0.5, 0.6) is 0 Å². The standard InChI is InChI=1S/C11H14N2S2/c1-3-12-4-9-5-13-11(15-9)10-7-14-6-8(10)2/h5-7,12H,3-4H2,1-2H3. The normalized spacial score (nSPS) is 10.8. The van der Waals surface area contributed by atoms with E-state index < -0.39 is 0 Å². The van der Waals surface area contributed by atoms with Crippen LogP contribution in [0, 0.1) is 6.92 Å². The molecular weight excluding hydrogens is 224 g/mol. The van der Waals surface area contributed by atoms with Crippen molar-refractivity contribution in [1.29, 1.82) is 0 Å². The number of thiophene rings is 1. The van der Waals surface area contributed by atoms with Crippen molar-refractivity contribution in [2.75, 3.05) is 6.54 Å². The summed E-state index contributed by atoms with van der Waals surface area (Å²) < 4.78 is 0. The molecule has 0 saturated heterocycles. The van der Waals surface area contributed by atoms with Gasteiger partial charge in [0, 0.05) is 28.6 Å². The molecule has 4 heteroatoms. The first-order chi connectivity index (χ1) is 7.31. The Bertz CT molecular complexity index is 431. The highest BCUT2D eigenvalue weighted by Crippen LogP contribution is 2.30. The summed E-state index contributed by atoms with van der Waals surface area (Å²) >= 11 is 3.52. The van der Waals surface area contributed by atoms with Crippen molar-refractivity contribution in [3.05, 3.63) is 27.4 Å². The van der Waals surface area contributed by atoms with Crippen molar-refractivity contribution < 1.29 is 0 Å². The minimum absolute atomic E-state index is 0.928. The summed E-state index contributed by atoms with van der Waals surface area (Å²) in [4.78, 5) is 5.76. The van der Waals surface area contributed by atoms with Crippen LogP contribution < -0.4 is 5.32 Å². The van der Waals surface area contributed by atoms with Crippen LogP contribution in [0.15, 0.2) is 17.0 Å². The molecule has 0 aliphatic carbocycles. The summed E-state index contributed by atoms with van der Waals surface area (Å²) in [6.07, 6.45) is 1.97. The Balaban J connectivity index is 2.17. The van der Waals surface area contributed by atoms with Gasteiger partial charge >= 0.3 is 0 Å². The minimum atomic E-state index is 0.928. The Labute approximate surface area is 98.0 Å². The van der Waals surface area contributed by atoms with Gasteiger partial charge in [0.05, 0.1) is 0 Å². The molecule has 2 rings (SSSR count). The number of hydrogen-bond donors (Lipinski definition) is 1. The molecule has 0 saturated carbocycles. The fraction of sp³-hybridized carbons (Fsp3) is 0.364. The highest BCUT2D eigenvalue weighted by atomic mass is 32.1. The molecule has 15 heavy (non-hydrogen) atoms. The molecule has 0 fully saturated rings. The number of aryl methyl sites for hydroxylation is 1. The van der Waals surface area contributed by atoms with Crippen LogP contribution >= 0.6 is 22.7 Å². The van der Waals surface area contributed by atoms with Crippen LogP contribution in [0.25, 0.3) is 10.6 Å². The molecule has 0 aliphatic rings. The second-order valence-corrected chi connectivity index (χ2v) is 5.24. The Kier molecular flexibility index (Phi) is 3.51. The van der Waals surface area contributed by atoms with Gasteiger partial charge in [0.15, 0.2) is 0 Å². The molecule has 2 aromatic rings. The van der Waals surface area contributed by atoms with Crippen molar-refractivity contribution >= 4 is 22.7 Å². The predicted molar refractivity (Wildman–Crippen MR) is 67.5 cm³/mol. The van der Waals surface area contributed by atoms with Crippen LogP contribution in [-0.4, -0.2) is 11.5 Å². The molecule has 80 valence electrons. The van der Waals surface area contributed by atoms with Crippen LogP contribution in [0.2, 0.25) is 0 Å². The van der Waals surface area contributed by atoms with Gasteiger partial charge in [0.2, 0.25) is 0 Å². The maximum atomic E-state index is 4.46. The Morgan fingerprint density at radius 2 is 2.27 bits per heavy atom. The van der Waals surface area contributed by atoms with Gasteiger partial charge in [-0.25, -0.2) is 4.98 Å². The summed E-state index contributed by atoms with van der Waals surface area (Å²) in [7, 11) is 0. The molecule has 0 atom stereocenters. The molecule has 0 aromatic carbocycles. The molecule has 2 nitrogen and oxygen atoms in total. The van der Waals surface area contributed by atoms with Crippen molar-refractivity contribution in [2.24, 2.45) is 0 Å². The summed E-state index contributed by atoms with van der Waals surface area (Å²) in [5.74, 6) is 0. The minimum Gasteiger partial charge on any atom is -0.312 e. The van der Waals surface area contributed by atoms with E-state index in [1.54, 1.807) is 22.7 Å². The van der Waals surface area contributed by atoms with Crippen LogP contribution in [0.4, 0.5) is 0 Å². The first-order valence-electron chi connectivity index (χ1n) is 5.00. The van der Waals surface area contributed by atoms with Gasteiger partial charge in [-0.05, 0) is 24.4 Å². The van der Waals surface area contributed by atoms with E-state index in [1.165, 1.54) is 16.0 Å². The molecule has 2 heterocycles. The average Bonchev–Trinajstić information content (AvgIpc) is 2.83. The molecule has 0 amide bonds. The van der Waals surface area contributed by atoms with Gasteiger partial charge in [-0.2, -0.15) is 11.3 Å². The first kappa shape index (κ1) is 10.8. The summed E-state index contributed by atoms with van der Waals surface area (Å²) in [6, 6.07) is 0. The Hall–Kier alpha value is -0.710. The van der Waals surface area contributed by atoms with E-state index in [-0.39, 0.29) is 0 Å². The lowest BCUT2D eigenvalue weighted by atomic mass is 10.2. The van der Waals surface area contributed by atoms with Crippen LogP contribution in [0.3, 0.4) is 0 Å². The predicted octanol–water partition coefficient (Wildman–Crippen LogP) is 3.29. The second-order valence-electron chi connectivity index (χ2n) is 3.38. The summed E-state index contributed by atoms with van der Waals surface area (Å²) in [5, 5.41) is 8.79. The van der Waals surface area contributed by atoms with E-state index in [1.807, 2.05) is 6.20 Å². The zero-order valence-electron chi connectivity index (χ0n) is 8.91. The lowest BCUT2D eigenvalue weighted by molar-refractivity contribution is 0.734. The number of aromatic nitrogens is 1. The number of hydrogen-bond acceptors (Lipinski definition) is 4. The van der Waals surface area contributed by atoms with E-state index in [0.717, 1.165) is 18.1 Å². The lowest BCUT2D eigenvalue weighted by Gasteiger charge is -1.95. The Morgan fingerprint density at radius 1 is 1.40 bits per heavy atom. The SMILES string of the molecule is CCNCc1cnc(-c2cscc2C)s1. The lowest BCUT2D eigenvalue weighted by Crippen LogP contribution is -2.10. The van der Waals surface area contributed by atoms with Gasteiger partial charge in [0.25, 0.3) is 0 Å². The average molecular weight is 238 g/mol. The van der Waals surface area contributed by atoms with E-state index in [9.17, 15) is 0 Å². The van der Waals surface area contributed by atoms with Gasteiger partial charge in [-0.1, -0.05) is 6.92 Å². The summed E-state index contributed by atoms with van der Waals surface area (Å²) in [5.41, 5.74) is 2.61. The zero-order chi connectivity index (χ0) is 10.7. The molecular formula is C11H14N2S2. The van der Waals surface area contributed by atoms with Crippen LogP contribution in [-0.2, 0) is 6.54 Å². The molecule has 0 spiro atoms. The van der Waals surface area contributed by atoms with E-state index >= 15 is 0 Å². The molecule has 2 aromatic heterocycles. The number of nitrogens with zero attached hydrogens (tertiary/aromatic N) is 1. The molecule has 1 N–H and O–H groups in total. The molecule has 0 unspecified atom stereocenters. The smallest absolute Gasteiger partial charge is 0.124 e. The van der Waals surface area contributed by atoms with Crippen LogP contribution in [0.1, 0.15) is 17.4 Å². The molecule has 0 bridgehead atoms. The zero-order valence-corrected chi connectivity index (χ0v) is 10.5. The maximum Gasteiger partial charge on any atom is 0.124 e. The van der Waals surface area contributed by atoms with Crippen molar-refractivity contribution in [3.8, 4) is 10.6 Å². The third-order valence-electron chi connectivity index (χ3n) is 2.19.